The van der Waals surface area contributed by atoms with Crippen LogP contribution in [-0.4, -0.2) is 74.1 Å². The number of amides is 1. The molecule has 0 saturated carbocycles. The predicted octanol–water partition coefficient (Wildman–Crippen LogP) is 4.13. The summed E-state index contributed by atoms with van der Waals surface area (Å²) < 4.78 is 10.7. The highest BCUT2D eigenvalue weighted by atomic mass is 35.5. The van der Waals surface area contributed by atoms with E-state index >= 15 is 0 Å². The molecule has 3 heterocycles. The number of aliphatic hydroxyl groups excluding tert-OH is 1. The summed E-state index contributed by atoms with van der Waals surface area (Å²) in [6.45, 7) is 3.75. The summed E-state index contributed by atoms with van der Waals surface area (Å²) >= 11 is 6.35. The first-order valence-corrected chi connectivity index (χ1v) is 12.9. The molecule has 9 nitrogen and oxygen atoms in total. The molecule has 1 N–H and O–H groups in total. The van der Waals surface area contributed by atoms with Crippen LogP contribution < -0.4 is 19.3 Å². The Kier molecular flexibility index (Phi) is 7.45. The minimum atomic E-state index is -0.895. The van der Waals surface area contributed by atoms with E-state index in [4.69, 9.17) is 21.1 Å². The minimum Gasteiger partial charge on any atom is -0.507 e. The van der Waals surface area contributed by atoms with Crippen LogP contribution in [0.1, 0.15) is 17.2 Å². The number of carbonyl (C=O) groups excluding carboxylic acids is 2. The fourth-order valence-corrected chi connectivity index (χ4v) is 5.28. The number of hydrogen-bond donors (Lipinski definition) is 1. The zero-order valence-electron chi connectivity index (χ0n) is 21.9. The summed E-state index contributed by atoms with van der Waals surface area (Å²) in [6, 6.07) is 13.1. The molecular formula is C29H29ClN4O5. The van der Waals surface area contributed by atoms with E-state index in [0.717, 1.165) is 31.9 Å². The number of methoxy groups -OCH3 is 2. The molecule has 10 heteroatoms. The van der Waals surface area contributed by atoms with Crippen molar-refractivity contribution >= 4 is 40.4 Å². The SMILES string of the molecule is COc1cc(OC)c(/C(O)=C2\C(=O)C(=O)N(c3ccc(N4CCN(C)CC4)cc3)C2c2ccncc2)cc1Cl. The van der Waals surface area contributed by atoms with Crippen molar-refractivity contribution in [2.45, 2.75) is 6.04 Å². The number of benzene rings is 2. The van der Waals surface area contributed by atoms with Crippen LogP contribution in [-0.2, 0) is 9.59 Å². The predicted molar refractivity (Wildman–Crippen MR) is 150 cm³/mol. The van der Waals surface area contributed by atoms with Crippen molar-refractivity contribution in [2.24, 2.45) is 0 Å². The third-order valence-corrected chi connectivity index (χ3v) is 7.49. The Morgan fingerprint density at radius 2 is 1.54 bits per heavy atom. The molecule has 2 aromatic carbocycles. The number of Topliss-reactive ketones (excluding diaryl/α,β-unsaturated/α-hetero) is 1. The number of anilines is 2. The van der Waals surface area contributed by atoms with Crippen molar-refractivity contribution in [3.05, 3.63) is 82.6 Å². The summed E-state index contributed by atoms with van der Waals surface area (Å²) in [6.07, 6.45) is 3.16. The van der Waals surface area contributed by atoms with Gasteiger partial charge in [-0.05, 0) is 55.1 Å². The molecule has 3 aromatic rings. The highest BCUT2D eigenvalue weighted by Crippen LogP contribution is 2.44. The van der Waals surface area contributed by atoms with Crippen LogP contribution >= 0.6 is 11.6 Å². The Labute approximate surface area is 231 Å². The lowest BCUT2D eigenvalue weighted by Crippen LogP contribution is -2.44. The number of halogens is 1. The van der Waals surface area contributed by atoms with E-state index in [2.05, 4.69) is 21.8 Å². The average molecular weight is 549 g/mol. The molecule has 2 fully saturated rings. The number of carbonyl (C=O) groups is 2. The molecule has 0 aliphatic carbocycles. The molecule has 0 radical (unpaired) electrons. The van der Waals surface area contributed by atoms with Gasteiger partial charge in [-0.1, -0.05) is 11.6 Å². The number of pyridine rings is 1. The number of aromatic nitrogens is 1. The van der Waals surface area contributed by atoms with Gasteiger partial charge in [-0.25, -0.2) is 0 Å². The van der Waals surface area contributed by atoms with Gasteiger partial charge in [-0.3, -0.25) is 19.5 Å². The standard InChI is InChI=1S/C29H29ClN4O5/c1-32-12-14-33(15-13-32)19-4-6-20(7-5-19)34-26(18-8-10-31-11-9-18)25(28(36)29(34)37)27(35)21-16-22(30)24(39-3)17-23(21)38-2/h4-11,16-17,26,35H,12-15H2,1-3H3/b27-25+. The number of piperazine rings is 1. The number of aliphatic hydroxyl groups is 1. The van der Waals surface area contributed by atoms with Crippen LogP contribution in [0.5, 0.6) is 11.5 Å². The quantitative estimate of drug-likeness (QED) is 0.279. The summed E-state index contributed by atoms with van der Waals surface area (Å²) in [5.74, 6) is -1.37. The molecule has 2 aliphatic rings. The maximum atomic E-state index is 13.5. The fraction of sp³-hybridized carbons (Fsp3) is 0.276. The normalized spacial score (nSPS) is 19.4. The van der Waals surface area contributed by atoms with Gasteiger partial charge in [-0.2, -0.15) is 0 Å². The Bertz CT molecular complexity index is 1420. The van der Waals surface area contributed by atoms with Gasteiger partial charge in [0, 0.05) is 56.0 Å². The molecule has 2 saturated heterocycles. The second-order valence-electron chi connectivity index (χ2n) is 9.44. The van der Waals surface area contributed by atoms with E-state index in [1.807, 2.05) is 24.3 Å². The van der Waals surface area contributed by atoms with Gasteiger partial charge in [0.25, 0.3) is 11.7 Å². The van der Waals surface area contributed by atoms with Gasteiger partial charge < -0.3 is 24.4 Å². The van der Waals surface area contributed by atoms with Gasteiger partial charge >= 0.3 is 0 Å². The second-order valence-corrected chi connectivity index (χ2v) is 9.85. The van der Waals surface area contributed by atoms with E-state index in [9.17, 15) is 14.7 Å². The Balaban J connectivity index is 1.61. The van der Waals surface area contributed by atoms with Crippen LogP contribution in [0.25, 0.3) is 5.76 Å². The van der Waals surface area contributed by atoms with Crippen molar-refractivity contribution in [1.82, 2.24) is 9.88 Å². The number of hydrogen-bond acceptors (Lipinski definition) is 8. The number of likely N-dealkylation sites (N-methyl/N-ethyl adjacent to an activating group) is 1. The summed E-state index contributed by atoms with van der Waals surface area (Å²) in [5, 5.41) is 11.7. The van der Waals surface area contributed by atoms with Gasteiger partial charge in [-0.15, -0.1) is 0 Å². The Morgan fingerprint density at radius 3 is 2.15 bits per heavy atom. The van der Waals surface area contributed by atoms with Crippen LogP contribution in [0.3, 0.4) is 0 Å². The van der Waals surface area contributed by atoms with Gasteiger partial charge in [0.05, 0.1) is 36.4 Å². The molecular weight excluding hydrogens is 520 g/mol. The van der Waals surface area contributed by atoms with E-state index in [-0.39, 0.29) is 21.9 Å². The lowest BCUT2D eigenvalue weighted by Gasteiger charge is -2.34. The molecule has 1 unspecified atom stereocenters. The topological polar surface area (TPSA) is 95.4 Å². The average Bonchev–Trinajstić information content (AvgIpc) is 3.23. The van der Waals surface area contributed by atoms with Crippen molar-refractivity contribution < 1.29 is 24.2 Å². The van der Waals surface area contributed by atoms with E-state index < -0.39 is 23.5 Å². The number of ether oxygens (including phenoxy) is 2. The molecule has 2 aliphatic heterocycles. The van der Waals surface area contributed by atoms with Gasteiger partial charge in [0.1, 0.15) is 17.3 Å². The first-order chi connectivity index (χ1) is 18.8. The third-order valence-electron chi connectivity index (χ3n) is 7.19. The summed E-state index contributed by atoms with van der Waals surface area (Å²) in [4.78, 5) is 37.1. The zero-order valence-corrected chi connectivity index (χ0v) is 22.7. The molecule has 202 valence electrons. The van der Waals surface area contributed by atoms with Crippen LogP contribution in [0.15, 0.2) is 66.5 Å². The monoisotopic (exact) mass is 548 g/mol. The molecule has 1 aromatic heterocycles. The maximum absolute atomic E-state index is 13.5. The van der Waals surface area contributed by atoms with Crippen LogP contribution in [0.2, 0.25) is 5.02 Å². The lowest BCUT2D eigenvalue weighted by atomic mass is 9.95. The number of ketones is 1. The van der Waals surface area contributed by atoms with Crippen LogP contribution in [0.4, 0.5) is 11.4 Å². The lowest BCUT2D eigenvalue weighted by molar-refractivity contribution is -0.132. The van der Waals surface area contributed by atoms with Gasteiger partial charge in [0.2, 0.25) is 0 Å². The summed E-state index contributed by atoms with van der Waals surface area (Å²) in [5.41, 5.74) is 2.30. The largest absolute Gasteiger partial charge is 0.507 e. The van der Waals surface area contributed by atoms with Crippen LogP contribution in [0, 0.1) is 0 Å². The zero-order chi connectivity index (χ0) is 27.7. The molecule has 0 spiro atoms. The molecule has 1 amide bonds. The molecule has 0 bridgehead atoms. The Morgan fingerprint density at radius 1 is 0.923 bits per heavy atom. The number of rotatable bonds is 6. The van der Waals surface area contributed by atoms with Gasteiger partial charge in [0.15, 0.2) is 0 Å². The Hall–Kier alpha value is -4.08. The van der Waals surface area contributed by atoms with E-state index in [1.54, 1.807) is 24.5 Å². The van der Waals surface area contributed by atoms with E-state index in [1.165, 1.54) is 31.3 Å². The molecule has 39 heavy (non-hydrogen) atoms. The first kappa shape index (κ1) is 26.5. The maximum Gasteiger partial charge on any atom is 0.300 e. The first-order valence-electron chi connectivity index (χ1n) is 12.5. The number of nitrogens with zero attached hydrogens (tertiary/aromatic N) is 4. The molecule has 1 atom stereocenters. The van der Waals surface area contributed by atoms with Crippen molar-refractivity contribution in [2.75, 3.05) is 57.2 Å². The fourth-order valence-electron chi connectivity index (χ4n) is 5.04. The summed E-state index contributed by atoms with van der Waals surface area (Å²) in [7, 11) is 5.00. The van der Waals surface area contributed by atoms with Crippen molar-refractivity contribution in [1.29, 1.82) is 0 Å². The third kappa shape index (κ3) is 4.91. The highest BCUT2D eigenvalue weighted by Gasteiger charge is 2.47. The minimum absolute atomic E-state index is 0.0751. The smallest absolute Gasteiger partial charge is 0.300 e. The highest BCUT2D eigenvalue weighted by molar-refractivity contribution is 6.51. The molecule has 5 rings (SSSR count). The second kappa shape index (κ2) is 11.0. The van der Waals surface area contributed by atoms with Crippen molar-refractivity contribution in [3.8, 4) is 11.5 Å². The van der Waals surface area contributed by atoms with Crippen molar-refractivity contribution in [3.63, 3.8) is 0 Å². The van der Waals surface area contributed by atoms with E-state index in [0.29, 0.717) is 17.0 Å².